The van der Waals surface area contributed by atoms with Crippen molar-refractivity contribution in [3.8, 4) is 0 Å². The Morgan fingerprint density at radius 2 is 1.76 bits per heavy atom. The van der Waals surface area contributed by atoms with E-state index in [0.29, 0.717) is 32.7 Å². The van der Waals surface area contributed by atoms with Gasteiger partial charge in [0.1, 0.15) is 6.04 Å². The summed E-state index contributed by atoms with van der Waals surface area (Å²) in [6.45, 7) is 2.52. The maximum absolute atomic E-state index is 13.9. The SMILES string of the molecule is CS(=O)(=O)N[C@H](Cc1ccccc1)C(=O)[N+]1(C(=O)NCC2CCN(C(=N)N)CC2)CCCCC1. The molecule has 0 radical (unpaired) electrons. The molecule has 2 fully saturated rings. The van der Waals surface area contributed by atoms with Crippen molar-refractivity contribution in [1.82, 2.24) is 14.9 Å². The fraction of sp³-hybridized carbons (Fsp3) is 0.609. The highest BCUT2D eigenvalue weighted by Gasteiger charge is 2.49. The first-order chi connectivity index (χ1) is 16.1. The van der Waals surface area contributed by atoms with Crippen LogP contribution in [0.4, 0.5) is 4.79 Å². The summed E-state index contributed by atoms with van der Waals surface area (Å²) in [6, 6.07) is 7.85. The zero-order valence-electron chi connectivity index (χ0n) is 19.8. The Morgan fingerprint density at radius 3 is 2.32 bits per heavy atom. The van der Waals surface area contributed by atoms with Crippen molar-refractivity contribution in [3.63, 3.8) is 0 Å². The second-order valence-electron chi connectivity index (χ2n) is 9.45. The van der Waals surface area contributed by atoms with Gasteiger partial charge in [0.05, 0.1) is 19.3 Å². The molecule has 5 N–H and O–H groups in total. The number of benzene rings is 1. The quantitative estimate of drug-likeness (QED) is 0.253. The Kier molecular flexibility index (Phi) is 8.67. The summed E-state index contributed by atoms with van der Waals surface area (Å²) in [4.78, 5) is 29.2. The van der Waals surface area contributed by atoms with E-state index in [1.54, 1.807) is 0 Å². The number of rotatable bonds is 7. The molecule has 2 heterocycles. The smallest absolute Gasteiger partial charge is 0.370 e. The van der Waals surface area contributed by atoms with Crippen LogP contribution in [0.25, 0.3) is 0 Å². The van der Waals surface area contributed by atoms with Crippen LogP contribution in [0.15, 0.2) is 30.3 Å². The summed E-state index contributed by atoms with van der Waals surface area (Å²) in [5.74, 6) is -0.0969. The fourth-order valence-electron chi connectivity index (χ4n) is 4.92. The molecule has 0 spiro atoms. The Balaban J connectivity index is 1.75. The Bertz CT molecular complexity index is 970. The average Bonchev–Trinajstić information content (AvgIpc) is 2.82. The van der Waals surface area contributed by atoms with Crippen molar-refractivity contribution in [2.45, 2.75) is 44.6 Å². The first kappa shape index (κ1) is 26.1. The maximum atomic E-state index is 13.9. The van der Waals surface area contributed by atoms with Crippen LogP contribution in [-0.4, -0.2) is 80.7 Å². The van der Waals surface area contributed by atoms with E-state index in [4.69, 9.17) is 11.1 Å². The molecule has 2 saturated heterocycles. The molecule has 11 heteroatoms. The summed E-state index contributed by atoms with van der Waals surface area (Å²) in [5, 5.41) is 10.6. The van der Waals surface area contributed by atoms with Crippen molar-refractivity contribution >= 4 is 27.9 Å². The third kappa shape index (κ3) is 6.77. The number of hydrogen-bond donors (Lipinski definition) is 4. The van der Waals surface area contributed by atoms with Crippen LogP contribution in [0.1, 0.15) is 37.7 Å². The van der Waals surface area contributed by atoms with E-state index >= 15 is 0 Å². The molecule has 0 bridgehead atoms. The first-order valence-electron chi connectivity index (χ1n) is 11.9. The highest BCUT2D eigenvalue weighted by atomic mass is 32.2. The topological polar surface area (TPSA) is 145 Å². The normalized spacial score (nSPS) is 19.9. The molecule has 0 unspecified atom stereocenters. The second kappa shape index (κ2) is 11.3. The molecule has 1 atom stereocenters. The molecule has 3 amide bonds. The summed E-state index contributed by atoms with van der Waals surface area (Å²) in [5.41, 5.74) is 6.38. The van der Waals surface area contributed by atoms with Gasteiger partial charge in [-0.1, -0.05) is 30.3 Å². The Morgan fingerprint density at radius 1 is 1.15 bits per heavy atom. The number of likely N-dealkylation sites (tertiary alicyclic amines) is 2. The van der Waals surface area contributed by atoms with Crippen molar-refractivity contribution in [1.29, 1.82) is 5.41 Å². The van der Waals surface area contributed by atoms with Gasteiger partial charge in [0.15, 0.2) is 5.96 Å². The van der Waals surface area contributed by atoms with Crippen LogP contribution < -0.4 is 15.8 Å². The molecule has 2 aliphatic heterocycles. The highest BCUT2D eigenvalue weighted by molar-refractivity contribution is 7.88. The maximum Gasteiger partial charge on any atom is 0.424 e. The van der Waals surface area contributed by atoms with Gasteiger partial charge in [-0.15, -0.1) is 0 Å². The van der Waals surface area contributed by atoms with Gasteiger partial charge >= 0.3 is 11.9 Å². The minimum atomic E-state index is -3.67. The van der Waals surface area contributed by atoms with Gasteiger partial charge in [-0.25, -0.2) is 18.0 Å². The van der Waals surface area contributed by atoms with E-state index in [0.717, 1.165) is 43.9 Å². The molecule has 0 aliphatic carbocycles. The molecule has 10 nitrogen and oxygen atoms in total. The number of nitrogens with two attached hydrogens (primary N) is 1. The van der Waals surface area contributed by atoms with Crippen molar-refractivity contribution in [3.05, 3.63) is 35.9 Å². The summed E-state index contributed by atoms with van der Waals surface area (Å²) in [7, 11) is -3.67. The van der Waals surface area contributed by atoms with Gasteiger partial charge in [-0.05, 0) is 43.6 Å². The Labute approximate surface area is 202 Å². The number of nitrogens with one attached hydrogen (secondary N) is 3. The van der Waals surface area contributed by atoms with Crippen LogP contribution >= 0.6 is 0 Å². The van der Waals surface area contributed by atoms with Gasteiger partial charge < -0.3 is 16.0 Å². The largest absolute Gasteiger partial charge is 0.424 e. The predicted octanol–water partition coefficient (Wildman–Crippen LogP) is 0.989. The van der Waals surface area contributed by atoms with Crippen LogP contribution in [-0.2, 0) is 21.2 Å². The lowest BCUT2D eigenvalue weighted by atomic mass is 9.97. The number of carbonyl (C=O) groups excluding carboxylic acids is 2. The van der Waals surface area contributed by atoms with E-state index in [2.05, 4.69) is 10.0 Å². The minimum absolute atomic E-state index is 0.0636. The summed E-state index contributed by atoms with van der Waals surface area (Å²) >= 11 is 0. The van der Waals surface area contributed by atoms with Crippen LogP contribution in [0.2, 0.25) is 0 Å². The number of carbonyl (C=O) groups is 2. The predicted molar refractivity (Wildman–Crippen MR) is 130 cm³/mol. The number of hydrogen-bond acceptors (Lipinski definition) is 5. The van der Waals surface area contributed by atoms with E-state index < -0.39 is 22.0 Å². The van der Waals surface area contributed by atoms with Gasteiger partial charge in [-0.3, -0.25) is 5.41 Å². The highest BCUT2D eigenvalue weighted by Crippen LogP contribution is 2.24. The fourth-order valence-corrected chi connectivity index (χ4v) is 5.62. The number of piperidine rings is 2. The van der Waals surface area contributed by atoms with Crippen molar-refractivity contribution < 1.29 is 22.5 Å². The lowest BCUT2D eigenvalue weighted by Gasteiger charge is -2.38. The van der Waals surface area contributed by atoms with E-state index in [-0.39, 0.29) is 28.8 Å². The number of imide groups is 1. The lowest BCUT2D eigenvalue weighted by molar-refractivity contribution is -0.781. The number of urea groups is 1. The monoisotopic (exact) mass is 493 g/mol. The van der Waals surface area contributed by atoms with Gasteiger partial charge in [-0.2, -0.15) is 9.21 Å². The molecule has 2 aliphatic rings. The molecule has 3 rings (SSSR count). The zero-order valence-corrected chi connectivity index (χ0v) is 20.6. The molecule has 34 heavy (non-hydrogen) atoms. The van der Waals surface area contributed by atoms with E-state index in [9.17, 15) is 18.0 Å². The molecular formula is C23H37N6O4S+. The van der Waals surface area contributed by atoms with Crippen LogP contribution in [0.5, 0.6) is 0 Å². The summed E-state index contributed by atoms with van der Waals surface area (Å²) in [6.07, 6.45) is 5.23. The van der Waals surface area contributed by atoms with E-state index in [1.807, 2.05) is 35.2 Å². The lowest BCUT2D eigenvalue weighted by Crippen LogP contribution is -2.68. The van der Waals surface area contributed by atoms with Gasteiger partial charge in [0.2, 0.25) is 10.0 Å². The standard InChI is InChI=1S/C23H36N6O4S/c1-34(32,33)27-20(16-18-8-4-2-5-9-18)21(30)29(14-6-3-7-15-29)23(31)26-17-19-10-12-28(13-11-19)22(24)25/h2,4-5,8-9,19-20,27H,3,6-7,10-17H2,1H3,(H3-,24,25,26,31)/p+1/t20-/m1/s1. The van der Waals surface area contributed by atoms with Crippen LogP contribution in [0, 0.1) is 11.3 Å². The minimum Gasteiger partial charge on any atom is -0.370 e. The third-order valence-corrected chi connectivity index (χ3v) is 7.54. The average molecular weight is 494 g/mol. The van der Waals surface area contributed by atoms with Crippen molar-refractivity contribution in [2.24, 2.45) is 11.7 Å². The molecule has 0 saturated carbocycles. The van der Waals surface area contributed by atoms with Gasteiger partial charge in [0.25, 0.3) is 0 Å². The third-order valence-electron chi connectivity index (χ3n) is 6.82. The zero-order chi connectivity index (χ0) is 24.8. The second-order valence-corrected chi connectivity index (χ2v) is 11.2. The number of nitrogens with zero attached hydrogens (tertiary/aromatic N) is 2. The molecular weight excluding hydrogens is 456 g/mol. The van der Waals surface area contributed by atoms with Crippen molar-refractivity contribution in [2.75, 3.05) is 39.0 Å². The number of quaternary nitrogens is 1. The molecule has 188 valence electrons. The Hall–Kier alpha value is -2.50. The number of sulfonamides is 1. The number of amides is 3. The van der Waals surface area contributed by atoms with E-state index in [1.165, 1.54) is 0 Å². The molecule has 1 aromatic carbocycles. The first-order valence-corrected chi connectivity index (χ1v) is 13.8. The molecule has 0 aromatic heterocycles. The van der Waals surface area contributed by atoms with Crippen LogP contribution in [0.3, 0.4) is 0 Å². The molecule has 1 aromatic rings. The summed E-state index contributed by atoms with van der Waals surface area (Å²) < 4.78 is 26.3. The number of guanidine groups is 1. The van der Waals surface area contributed by atoms with Gasteiger partial charge in [0, 0.05) is 26.1 Å².